The summed E-state index contributed by atoms with van der Waals surface area (Å²) < 4.78 is 15.5. The SMILES string of the molecule is COC(=O)C1=CN(Cc2cccc(Cl)c2)C=CC1CCC(=O)c1ccc(OC)c(OC)c1. The Morgan fingerprint density at radius 2 is 1.81 bits per heavy atom. The highest BCUT2D eigenvalue weighted by Crippen LogP contribution is 2.30. The fourth-order valence-corrected chi connectivity index (χ4v) is 3.81. The summed E-state index contributed by atoms with van der Waals surface area (Å²) in [7, 11) is 4.43. The highest BCUT2D eigenvalue weighted by molar-refractivity contribution is 6.30. The predicted octanol–water partition coefficient (Wildman–Crippen LogP) is 5.02. The standard InChI is InChI=1S/C25H26ClNO5/c1-30-23-10-8-19(14-24(23)31-2)22(28)9-7-18-11-12-27(16-21(18)25(29)32-3)15-17-5-4-6-20(26)13-17/h4-6,8,10-14,16,18H,7,9,15H2,1-3H3. The number of halogens is 1. The maximum Gasteiger partial charge on any atom is 0.335 e. The number of hydrogen-bond acceptors (Lipinski definition) is 6. The van der Waals surface area contributed by atoms with Gasteiger partial charge in [-0.05, 0) is 42.3 Å². The van der Waals surface area contributed by atoms with E-state index in [0.717, 1.165) is 5.56 Å². The smallest absolute Gasteiger partial charge is 0.335 e. The number of ether oxygens (including phenoxy) is 3. The van der Waals surface area contributed by atoms with Crippen LogP contribution in [0.3, 0.4) is 0 Å². The lowest BCUT2D eigenvalue weighted by atomic mass is 9.90. The van der Waals surface area contributed by atoms with Crippen LogP contribution in [0.15, 0.2) is 66.5 Å². The van der Waals surface area contributed by atoms with Gasteiger partial charge in [0.15, 0.2) is 17.3 Å². The van der Waals surface area contributed by atoms with Gasteiger partial charge in [-0.2, -0.15) is 0 Å². The molecule has 32 heavy (non-hydrogen) atoms. The minimum Gasteiger partial charge on any atom is -0.493 e. The van der Waals surface area contributed by atoms with Crippen molar-refractivity contribution in [3.8, 4) is 11.5 Å². The first-order valence-corrected chi connectivity index (χ1v) is 10.6. The van der Waals surface area contributed by atoms with Gasteiger partial charge in [0.2, 0.25) is 0 Å². The van der Waals surface area contributed by atoms with Gasteiger partial charge >= 0.3 is 5.97 Å². The lowest BCUT2D eigenvalue weighted by Gasteiger charge is -2.26. The van der Waals surface area contributed by atoms with Gasteiger partial charge in [-0.15, -0.1) is 0 Å². The number of benzene rings is 2. The molecule has 0 radical (unpaired) electrons. The van der Waals surface area contributed by atoms with Crippen LogP contribution < -0.4 is 9.47 Å². The lowest BCUT2D eigenvalue weighted by Crippen LogP contribution is -2.23. The van der Waals surface area contributed by atoms with E-state index < -0.39 is 5.97 Å². The van der Waals surface area contributed by atoms with Gasteiger partial charge < -0.3 is 19.1 Å². The average Bonchev–Trinajstić information content (AvgIpc) is 2.81. The molecule has 1 heterocycles. The number of carbonyl (C=O) groups is 2. The monoisotopic (exact) mass is 455 g/mol. The fourth-order valence-electron chi connectivity index (χ4n) is 3.59. The summed E-state index contributed by atoms with van der Waals surface area (Å²) in [6.07, 6.45) is 6.37. The molecule has 2 aromatic rings. The Hall–Kier alpha value is -3.25. The summed E-state index contributed by atoms with van der Waals surface area (Å²) in [5, 5.41) is 0.659. The van der Waals surface area contributed by atoms with E-state index in [-0.39, 0.29) is 18.1 Å². The van der Waals surface area contributed by atoms with Crippen molar-refractivity contribution >= 4 is 23.4 Å². The Labute approximate surface area is 193 Å². The van der Waals surface area contributed by atoms with E-state index >= 15 is 0 Å². The van der Waals surface area contributed by atoms with Crippen molar-refractivity contribution in [2.75, 3.05) is 21.3 Å². The highest BCUT2D eigenvalue weighted by atomic mass is 35.5. The van der Waals surface area contributed by atoms with Gasteiger partial charge in [0.05, 0.1) is 26.9 Å². The zero-order chi connectivity index (χ0) is 23.1. The zero-order valence-electron chi connectivity index (χ0n) is 18.3. The molecule has 1 aliphatic rings. The van der Waals surface area contributed by atoms with Gasteiger partial charge in [-0.1, -0.05) is 29.8 Å². The molecule has 0 fully saturated rings. The first-order valence-electron chi connectivity index (χ1n) is 10.2. The maximum atomic E-state index is 12.8. The van der Waals surface area contributed by atoms with Gasteiger partial charge in [-0.25, -0.2) is 4.79 Å². The van der Waals surface area contributed by atoms with Crippen LogP contribution in [0.5, 0.6) is 11.5 Å². The molecule has 168 valence electrons. The molecule has 0 saturated carbocycles. The molecule has 1 aliphatic heterocycles. The number of carbonyl (C=O) groups excluding carboxylic acids is 2. The van der Waals surface area contributed by atoms with E-state index in [9.17, 15) is 9.59 Å². The van der Waals surface area contributed by atoms with E-state index in [1.807, 2.05) is 41.4 Å². The molecule has 0 spiro atoms. The number of nitrogens with zero attached hydrogens (tertiary/aromatic N) is 1. The highest BCUT2D eigenvalue weighted by Gasteiger charge is 2.25. The zero-order valence-corrected chi connectivity index (χ0v) is 19.1. The van der Waals surface area contributed by atoms with Crippen LogP contribution in [-0.4, -0.2) is 38.0 Å². The molecule has 0 N–H and O–H groups in total. The number of rotatable bonds is 9. The summed E-state index contributed by atoms with van der Waals surface area (Å²) in [4.78, 5) is 27.1. The minimum atomic E-state index is -0.408. The van der Waals surface area contributed by atoms with Gasteiger partial charge in [0.1, 0.15) is 0 Å². The van der Waals surface area contributed by atoms with Crippen LogP contribution in [0.2, 0.25) is 5.02 Å². The van der Waals surface area contributed by atoms with Gasteiger partial charge in [0.25, 0.3) is 0 Å². The van der Waals surface area contributed by atoms with Crippen LogP contribution in [-0.2, 0) is 16.1 Å². The van der Waals surface area contributed by atoms with Crippen molar-refractivity contribution in [1.82, 2.24) is 4.90 Å². The Morgan fingerprint density at radius 3 is 2.50 bits per heavy atom. The fraction of sp³-hybridized carbons (Fsp3) is 0.280. The first-order chi connectivity index (χ1) is 15.4. The van der Waals surface area contributed by atoms with Crippen molar-refractivity contribution in [2.45, 2.75) is 19.4 Å². The molecule has 7 heteroatoms. The molecule has 0 amide bonds. The van der Waals surface area contributed by atoms with E-state index in [0.29, 0.717) is 40.6 Å². The average molecular weight is 456 g/mol. The lowest BCUT2D eigenvalue weighted by molar-refractivity contribution is -0.136. The van der Waals surface area contributed by atoms with Crippen LogP contribution in [0.4, 0.5) is 0 Å². The number of hydrogen-bond donors (Lipinski definition) is 0. The quantitative estimate of drug-likeness (QED) is 0.390. The summed E-state index contributed by atoms with van der Waals surface area (Å²) in [6, 6.07) is 12.7. The number of allylic oxidation sites excluding steroid dienone is 1. The molecular formula is C25H26ClNO5. The topological polar surface area (TPSA) is 65.1 Å². The third-order valence-corrected chi connectivity index (χ3v) is 5.51. The molecular weight excluding hydrogens is 430 g/mol. The Balaban J connectivity index is 1.70. The second-order valence-electron chi connectivity index (χ2n) is 7.36. The second kappa shape index (κ2) is 10.9. The minimum absolute atomic E-state index is 0.0371. The first kappa shape index (κ1) is 23.4. The van der Waals surface area contributed by atoms with E-state index in [1.54, 1.807) is 31.5 Å². The van der Waals surface area contributed by atoms with Gasteiger partial charge in [-0.3, -0.25) is 4.79 Å². The van der Waals surface area contributed by atoms with E-state index in [4.69, 9.17) is 25.8 Å². The summed E-state index contributed by atoms with van der Waals surface area (Å²) in [5.41, 5.74) is 2.07. The normalized spacial score (nSPS) is 15.2. The number of methoxy groups -OCH3 is 3. The Bertz CT molecular complexity index is 1050. The van der Waals surface area contributed by atoms with E-state index in [2.05, 4.69) is 0 Å². The summed E-state index contributed by atoms with van der Waals surface area (Å²) in [6.45, 7) is 0.564. The predicted molar refractivity (Wildman–Crippen MR) is 123 cm³/mol. The third-order valence-electron chi connectivity index (χ3n) is 5.28. The number of ketones is 1. The van der Waals surface area contributed by atoms with Crippen molar-refractivity contribution in [3.05, 3.63) is 82.7 Å². The van der Waals surface area contributed by atoms with Crippen molar-refractivity contribution in [3.63, 3.8) is 0 Å². The molecule has 1 atom stereocenters. The van der Waals surface area contributed by atoms with Crippen molar-refractivity contribution in [2.24, 2.45) is 5.92 Å². The van der Waals surface area contributed by atoms with Gasteiger partial charge in [0, 0.05) is 41.9 Å². The molecule has 0 aromatic heterocycles. The van der Waals surface area contributed by atoms with Crippen LogP contribution in [0.1, 0.15) is 28.8 Å². The molecule has 6 nitrogen and oxygen atoms in total. The Morgan fingerprint density at radius 1 is 1.03 bits per heavy atom. The number of Topliss-reactive ketones (excluding diaryl/α,β-unsaturated/α-hetero) is 1. The molecule has 0 aliphatic carbocycles. The third kappa shape index (κ3) is 5.71. The molecule has 2 aromatic carbocycles. The van der Waals surface area contributed by atoms with Crippen LogP contribution in [0.25, 0.3) is 0 Å². The van der Waals surface area contributed by atoms with Crippen molar-refractivity contribution in [1.29, 1.82) is 0 Å². The van der Waals surface area contributed by atoms with Crippen molar-refractivity contribution < 1.29 is 23.8 Å². The molecule has 0 bridgehead atoms. The number of esters is 1. The second-order valence-corrected chi connectivity index (χ2v) is 7.79. The maximum absolute atomic E-state index is 12.8. The summed E-state index contributed by atoms with van der Waals surface area (Å²) >= 11 is 6.07. The van der Waals surface area contributed by atoms with Crippen LogP contribution >= 0.6 is 11.6 Å². The molecule has 1 unspecified atom stereocenters. The van der Waals surface area contributed by atoms with Crippen LogP contribution in [0, 0.1) is 5.92 Å². The Kier molecular flexibility index (Phi) is 7.95. The summed E-state index contributed by atoms with van der Waals surface area (Å²) in [5.74, 6) is 0.402. The molecule has 3 rings (SSSR count). The van der Waals surface area contributed by atoms with E-state index in [1.165, 1.54) is 14.2 Å². The molecule has 0 saturated heterocycles. The largest absolute Gasteiger partial charge is 0.493 e.